The molecule has 0 bridgehead atoms. The van der Waals surface area contributed by atoms with Gasteiger partial charge in [-0.1, -0.05) is 12.1 Å². The minimum absolute atomic E-state index is 0.670. The predicted molar refractivity (Wildman–Crippen MR) is 70.0 cm³/mol. The first-order valence-corrected chi connectivity index (χ1v) is 5.84. The molecular weight excluding hydrogens is 218 g/mol. The normalized spacial score (nSPS) is 14.7. The molecule has 0 amide bonds. The summed E-state index contributed by atoms with van der Waals surface area (Å²) in [4.78, 5) is 0. The number of hydrazine groups is 1. The van der Waals surface area contributed by atoms with Gasteiger partial charge in [0.2, 0.25) is 0 Å². The van der Waals surface area contributed by atoms with Crippen molar-refractivity contribution in [1.82, 2.24) is 15.8 Å². The quantitative estimate of drug-likeness (QED) is 0.724. The monoisotopic (exact) mass is 235 g/mol. The molecule has 3 nitrogen and oxygen atoms in total. The maximum absolute atomic E-state index is 5.10. The van der Waals surface area contributed by atoms with Crippen molar-refractivity contribution in [2.75, 3.05) is 7.05 Å². The highest BCUT2D eigenvalue weighted by Crippen LogP contribution is 2.27. The lowest BCUT2D eigenvalue weighted by molar-refractivity contribution is 0.241. The van der Waals surface area contributed by atoms with E-state index in [9.17, 15) is 0 Å². The zero-order chi connectivity index (χ0) is 11.7. The molecule has 2 rings (SSSR count). The van der Waals surface area contributed by atoms with Crippen molar-refractivity contribution >= 4 is 17.3 Å². The van der Waals surface area contributed by atoms with Crippen molar-refractivity contribution in [3.05, 3.63) is 34.4 Å². The van der Waals surface area contributed by atoms with E-state index in [-0.39, 0.29) is 0 Å². The van der Waals surface area contributed by atoms with E-state index in [0.717, 1.165) is 13.1 Å². The fourth-order valence-corrected chi connectivity index (χ4v) is 2.21. The van der Waals surface area contributed by atoms with Crippen LogP contribution in [-0.4, -0.2) is 17.2 Å². The third-order valence-electron chi connectivity index (χ3n) is 3.08. The maximum atomic E-state index is 5.10. The zero-order valence-electron chi connectivity index (χ0n) is 9.92. The Hall–Kier alpha value is -1.13. The van der Waals surface area contributed by atoms with E-state index < -0.39 is 0 Å². The van der Waals surface area contributed by atoms with E-state index in [4.69, 9.17) is 12.2 Å². The summed E-state index contributed by atoms with van der Waals surface area (Å²) in [6, 6.07) is 4.38. The summed E-state index contributed by atoms with van der Waals surface area (Å²) in [6.07, 6.45) is 0. The van der Waals surface area contributed by atoms with Crippen molar-refractivity contribution in [1.29, 1.82) is 0 Å². The minimum Gasteiger partial charge on any atom is -0.365 e. The van der Waals surface area contributed by atoms with E-state index >= 15 is 0 Å². The standard InChI is InChI=1S/C12H17N3S/c1-8-4-5-9(2)11-7-15(6-10(8)11)14-12(16)13-3/h4-5H,6-7H2,1-3H3,(H2,13,14,16). The first-order chi connectivity index (χ1) is 7.61. The molecule has 1 aliphatic rings. The molecule has 86 valence electrons. The van der Waals surface area contributed by atoms with Crippen LogP contribution in [0.3, 0.4) is 0 Å². The number of hydrogen-bond acceptors (Lipinski definition) is 2. The molecule has 0 aliphatic carbocycles. The number of thiocarbonyl (C=S) groups is 1. The van der Waals surface area contributed by atoms with Crippen LogP contribution in [0.1, 0.15) is 22.3 Å². The Labute approximate surface area is 102 Å². The van der Waals surface area contributed by atoms with Crippen LogP contribution in [0.15, 0.2) is 12.1 Å². The van der Waals surface area contributed by atoms with Gasteiger partial charge in [0.1, 0.15) is 0 Å². The number of hydrogen-bond donors (Lipinski definition) is 2. The van der Waals surface area contributed by atoms with Crippen LogP contribution in [0.5, 0.6) is 0 Å². The molecule has 0 spiro atoms. The lowest BCUT2D eigenvalue weighted by Crippen LogP contribution is -2.43. The van der Waals surface area contributed by atoms with Crippen molar-refractivity contribution in [2.24, 2.45) is 0 Å². The Kier molecular flexibility index (Phi) is 3.12. The molecule has 0 saturated carbocycles. The van der Waals surface area contributed by atoms with Crippen LogP contribution in [0.4, 0.5) is 0 Å². The highest BCUT2D eigenvalue weighted by molar-refractivity contribution is 7.80. The molecule has 0 atom stereocenters. The van der Waals surface area contributed by atoms with Crippen LogP contribution >= 0.6 is 12.2 Å². The first-order valence-electron chi connectivity index (χ1n) is 5.43. The second-order valence-corrected chi connectivity index (χ2v) is 4.61. The van der Waals surface area contributed by atoms with Gasteiger partial charge >= 0.3 is 0 Å². The highest BCUT2D eigenvalue weighted by atomic mass is 32.1. The number of nitrogens with zero attached hydrogens (tertiary/aromatic N) is 1. The predicted octanol–water partition coefficient (Wildman–Crippen LogP) is 1.63. The molecule has 0 saturated heterocycles. The number of nitrogens with one attached hydrogen (secondary N) is 2. The molecule has 16 heavy (non-hydrogen) atoms. The van der Waals surface area contributed by atoms with Crippen LogP contribution < -0.4 is 10.7 Å². The minimum atomic E-state index is 0.670. The number of fused-ring (bicyclic) bond motifs is 1. The van der Waals surface area contributed by atoms with Crippen molar-refractivity contribution in [3.63, 3.8) is 0 Å². The third kappa shape index (κ3) is 2.03. The van der Waals surface area contributed by atoms with E-state index in [1.54, 1.807) is 0 Å². The van der Waals surface area contributed by atoms with Crippen LogP contribution in [-0.2, 0) is 13.1 Å². The summed E-state index contributed by atoms with van der Waals surface area (Å²) in [5.41, 5.74) is 8.78. The average Bonchev–Trinajstić information content (AvgIpc) is 2.68. The topological polar surface area (TPSA) is 27.3 Å². The van der Waals surface area contributed by atoms with Gasteiger partial charge in [-0.3, -0.25) is 5.43 Å². The molecule has 0 unspecified atom stereocenters. The largest absolute Gasteiger partial charge is 0.365 e. The molecule has 2 N–H and O–H groups in total. The van der Waals surface area contributed by atoms with Gasteiger partial charge in [-0.2, -0.15) is 0 Å². The number of aryl methyl sites for hydroxylation is 2. The van der Waals surface area contributed by atoms with E-state index in [2.05, 4.69) is 41.7 Å². The Morgan fingerprint density at radius 1 is 1.19 bits per heavy atom. The van der Waals surface area contributed by atoms with Gasteiger partial charge in [-0.25, -0.2) is 5.01 Å². The van der Waals surface area contributed by atoms with Crippen molar-refractivity contribution in [2.45, 2.75) is 26.9 Å². The average molecular weight is 235 g/mol. The van der Waals surface area contributed by atoms with E-state index in [0.29, 0.717) is 5.11 Å². The van der Waals surface area contributed by atoms with Gasteiger partial charge in [0, 0.05) is 20.1 Å². The first kappa shape index (κ1) is 11.4. The Bertz CT molecular complexity index is 398. The van der Waals surface area contributed by atoms with Crippen LogP contribution in [0, 0.1) is 13.8 Å². The molecule has 0 aromatic heterocycles. The summed E-state index contributed by atoms with van der Waals surface area (Å²) >= 11 is 5.10. The number of benzene rings is 1. The van der Waals surface area contributed by atoms with Crippen molar-refractivity contribution < 1.29 is 0 Å². The van der Waals surface area contributed by atoms with Crippen LogP contribution in [0.2, 0.25) is 0 Å². The Balaban J connectivity index is 2.17. The zero-order valence-corrected chi connectivity index (χ0v) is 10.7. The summed E-state index contributed by atoms with van der Waals surface area (Å²) in [5, 5.41) is 5.74. The second-order valence-electron chi connectivity index (χ2n) is 4.20. The van der Waals surface area contributed by atoms with Gasteiger partial charge in [-0.15, -0.1) is 0 Å². The molecule has 1 aliphatic heterocycles. The number of rotatable bonds is 1. The maximum Gasteiger partial charge on any atom is 0.180 e. The highest BCUT2D eigenvalue weighted by Gasteiger charge is 2.22. The molecular formula is C12H17N3S. The molecule has 0 radical (unpaired) electrons. The van der Waals surface area contributed by atoms with Gasteiger partial charge in [-0.05, 0) is 48.3 Å². The Morgan fingerprint density at radius 3 is 2.12 bits per heavy atom. The SMILES string of the molecule is CNC(=S)NN1Cc2c(C)ccc(C)c2C1. The smallest absolute Gasteiger partial charge is 0.180 e. The molecule has 1 aromatic carbocycles. The summed E-state index contributed by atoms with van der Waals surface area (Å²) in [6.45, 7) is 6.17. The molecule has 1 aromatic rings. The van der Waals surface area contributed by atoms with Gasteiger partial charge in [0.25, 0.3) is 0 Å². The fraction of sp³-hybridized carbons (Fsp3) is 0.417. The second kappa shape index (κ2) is 4.39. The summed E-state index contributed by atoms with van der Waals surface area (Å²) in [5.74, 6) is 0. The summed E-state index contributed by atoms with van der Waals surface area (Å²) in [7, 11) is 1.83. The third-order valence-corrected chi connectivity index (χ3v) is 3.38. The fourth-order valence-electron chi connectivity index (χ4n) is 2.08. The Morgan fingerprint density at radius 2 is 1.69 bits per heavy atom. The lowest BCUT2D eigenvalue weighted by Gasteiger charge is -2.17. The van der Waals surface area contributed by atoms with E-state index in [1.165, 1.54) is 22.3 Å². The van der Waals surface area contributed by atoms with Gasteiger partial charge < -0.3 is 5.32 Å². The van der Waals surface area contributed by atoms with Gasteiger partial charge in [0.05, 0.1) is 0 Å². The van der Waals surface area contributed by atoms with Gasteiger partial charge in [0.15, 0.2) is 5.11 Å². The van der Waals surface area contributed by atoms with Crippen LogP contribution in [0.25, 0.3) is 0 Å². The van der Waals surface area contributed by atoms with Crippen molar-refractivity contribution in [3.8, 4) is 0 Å². The molecule has 0 fully saturated rings. The van der Waals surface area contributed by atoms with E-state index in [1.807, 2.05) is 7.05 Å². The molecule has 1 heterocycles. The summed E-state index contributed by atoms with van der Waals surface area (Å²) < 4.78 is 0. The lowest BCUT2D eigenvalue weighted by atomic mass is 10.0. The molecule has 4 heteroatoms.